The van der Waals surface area contributed by atoms with Crippen molar-refractivity contribution in [1.82, 2.24) is 5.16 Å². The molecule has 2 aromatic rings. The maximum absolute atomic E-state index is 5.52. The molecule has 1 aromatic carbocycles. The van der Waals surface area contributed by atoms with Crippen molar-refractivity contribution in [2.45, 2.75) is 27.3 Å². The van der Waals surface area contributed by atoms with Crippen molar-refractivity contribution in [3.8, 4) is 11.3 Å². The minimum atomic E-state index is 0.410. The first kappa shape index (κ1) is 10.9. The number of hydrogen-bond donors (Lipinski definition) is 1. The predicted molar refractivity (Wildman–Crippen MR) is 64.0 cm³/mol. The van der Waals surface area contributed by atoms with Gasteiger partial charge in [-0.1, -0.05) is 22.9 Å². The van der Waals surface area contributed by atoms with E-state index in [0.29, 0.717) is 6.54 Å². The Labute approximate surface area is 95.3 Å². The number of aromatic nitrogens is 1. The zero-order valence-corrected chi connectivity index (χ0v) is 9.87. The lowest BCUT2D eigenvalue weighted by Gasteiger charge is -2.07. The lowest BCUT2D eigenvalue weighted by atomic mass is 9.98. The van der Waals surface area contributed by atoms with Crippen LogP contribution < -0.4 is 5.73 Å². The molecular weight excluding hydrogens is 200 g/mol. The summed E-state index contributed by atoms with van der Waals surface area (Å²) in [6.45, 7) is 6.67. The van der Waals surface area contributed by atoms with Crippen LogP contribution in [-0.2, 0) is 6.54 Å². The fourth-order valence-electron chi connectivity index (χ4n) is 2.09. The fourth-order valence-corrected chi connectivity index (χ4v) is 2.09. The molecule has 0 amide bonds. The summed E-state index contributed by atoms with van der Waals surface area (Å²) in [5.74, 6) is 0.801. The molecule has 0 spiro atoms. The number of benzene rings is 1. The molecule has 1 aromatic heterocycles. The third kappa shape index (κ3) is 1.86. The van der Waals surface area contributed by atoms with Gasteiger partial charge in [0.25, 0.3) is 0 Å². The van der Waals surface area contributed by atoms with E-state index < -0.39 is 0 Å². The second-order valence-electron chi connectivity index (χ2n) is 4.16. The van der Waals surface area contributed by atoms with Crippen LogP contribution in [0.15, 0.2) is 22.7 Å². The summed E-state index contributed by atoms with van der Waals surface area (Å²) in [6.07, 6.45) is 0. The van der Waals surface area contributed by atoms with Crippen molar-refractivity contribution in [3.63, 3.8) is 0 Å². The van der Waals surface area contributed by atoms with Crippen molar-refractivity contribution >= 4 is 0 Å². The maximum Gasteiger partial charge on any atom is 0.167 e. The Morgan fingerprint density at radius 3 is 2.25 bits per heavy atom. The van der Waals surface area contributed by atoms with Gasteiger partial charge < -0.3 is 10.3 Å². The lowest BCUT2D eigenvalue weighted by Crippen LogP contribution is -1.95. The Kier molecular flexibility index (Phi) is 2.79. The van der Waals surface area contributed by atoms with Crippen LogP contribution in [0.1, 0.15) is 22.4 Å². The van der Waals surface area contributed by atoms with Crippen molar-refractivity contribution in [2.75, 3.05) is 0 Å². The van der Waals surface area contributed by atoms with Crippen LogP contribution in [0.5, 0.6) is 0 Å². The molecule has 0 bridgehead atoms. The molecule has 84 valence electrons. The van der Waals surface area contributed by atoms with Crippen LogP contribution in [0.25, 0.3) is 11.3 Å². The van der Waals surface area contributed by atoms with E-state index in [1.165, 1.54) is 16.7 Å². The van der Waals surface area contributed by atoms with E-state index in [2.05, 4.69) is 38.1 Å². The zero-order chi connectivity index (χ0) is 11.7. The molecule has 0 aliphatic rings. The zero-order valence-electron chi connectivity index (χ0n) is 9.87. The van der Waals surface area contributed by atoms with Gasteiger partial charge in [-0.25, -0.2) is 0 Å². The lowest BCUT2D eigenvalue weighted by molar-refractivity contribution is 0.423. The molecule has 0 saturated heterocycles. The van der Waals surface area contributed by atoms with Crippen molar-refractivity contribution in [2.24, 2.45) is 5.73 Å². The van der Waals surface area contributed by atoms with E-state index in [1.807, 2.05) is 6.07 Å². The first-order chi connectivity index (χ1) is 7.61. The molecule has 3 heteroatoms. The summed E-state index contributed by atoms with van der Waals surface area (Å²) in [7, 11) is 0. The summed E-state index contributed by atoms with van der Waals surface area (Å²) in [6, 6.07) is 6.20. The van der Waals surface area contributed by atoms with Gasteiger partial charge >= 0.3 is 0 Å². The molecule has 0 atom stereocenters. The quantitative estimate of drug-likeness (QED) is 0.839. The second kappa shape index (κ2) is 4.10. The molecule has 1 heterocycles. The van der Waals surface area contributed by atoms with Crippen LogP contribution >= 0.6 is 0 Å². The highest BCUT2D eigenvalue weighted by atomic mass is 16.5. The summed E-state index contributed by atoms with van der Waals surface area (Å²) >= 11 is 0. The van der Waals surface area contributed by atoms with E-state index in [-0.39, 0.29) is 0 Å². The predicted octanol–water partition coefficient (Wildman–Crippen LogP) is 2.73. The van der Waals surface area contributed by atoms with Crippen molar-refractivity contribution < 1.29 is 4.52 Å². The fraction of sp³-hybridized carbons (Fsp3) is 0.308. The molecule has 2 rings (SSSR count). The van der Waals surface area contributed by atoms with Gasteiger partial charge in [-0.3, -0.25) is 0 Å². The number of rotatable bonds is 2. The molecule has 16 heavy (non-hydrogen) atoms. The Morgan fingerprint density at radius 1 is 1.12 bits per heavy atom. The summed E-state index contributed by atoms with van der Waals surface area (Å²) in [5.41, 5.74) is 11.1. The van der Waals surface area contributed by atoms with Gasteiger partial charge in [0.2, 0.25) is 0 Å². The Morgan fingerprint density at radius 2 is 1.75 bits per heavy atom. The Hall–Kier alpha value is -1.61. The highest BCUT2D eigenvalue weighted by molar-refractivity contribution is 5.66. The van der Waals surface area contributed by atoms with Crippen molar-refractivity contribution in [1.29, 1.82) is 0 Å². The van der Waals surface area contributed by atoms with E-state index in [0.717, 1.165) is 17.0 Å². The summed E-state index contributed by atoms with van der Waals surface area (Å²) in [4.78, 5) is 0. The van der Waals surface area contributed by atoms with Gasteiger partial charge in [0.05, 0.1) is 5.69 Å². The standard InChI is InChI=1S/C13H16N2O/c1-8-4-9(2)13(10(3)5-8)12-6-11(7-14)15-16-12/h4-6H,7,14H2,1-3H3. The van der Waals surface area contributed by atoms with Gasteiger partial charge in [0.1, 0.15) is 0 Å². The smallest absolute Gasteiger partial charge is 0.167 e. The number of hydrogen-bond acceptors (Lipinski definition) is 3. The molecule has 0 unspecified atom stereocenters. The van der Waals surface area contributed by atoms with Crippen LogP contribution in [0.4, 0.5) is 0 Å². The topological polar surface area (TPSA) is 52.0 Å². The molecule has 0 radical (unpaired) electrons. The molecule has 0 saturated carbocycles. The average molecular weight is 216 g/mol. The third-order valence-corrected chi connectivity index (χ3v) is 2.69. The van der Waals surface area contributed by atoms with Gasteiger partial charge in [0, 0.05) is 18.2 Å². The highest BCUT2D eigenvalue weighted by Gasteiger charge is 2.11. The number of nitrogens with zero attached hydrogens (tertiary/aromatic N) is 1. The molecule has 3 nitrogen and oxygen atoms in total. The molecule has 2 N–H and O–H groups in total. The minimum absolute atomic E-state index is 0.410. The van der Waals surface area contributed by atoms with Crippen LogP contribution in [0.2, 0.25) is 0 Å². The molecule has 0 fully saturated rings. The normalized spacial score (nSPS) is 10.8. The van der Waals surface area contributed by atoms with Gasteiger partial charge in [-0.15, -0.1) is 0 Å². The highest BCUT2D eigenvalue weighted by Crippen LogP contribution is 2.28. The second-order valence-corrected chi connectivity index (χ2v) is 4.16. The first-order valence-electron chi connectivity index (χ1n) is 5.35. The van der Waals surface area contributed by atoms with E-state index in [1.54, 1.807) is 0 Å². The van der Waals surface area contributed by atoms with Gasteiger partial charge in [0.15, 0.2) is 5.76 Å². The van der Waals surface area contributed by atoms with Crippen LogP contribution in [0, 0.1) is 20.8 Å². The Bertz CT molecular complexity index is 491. The van der Waals surface area contributed by atoms with E-state index in [4.69, 9.17) is 10.3 Å². The molecule has 0 aliphatic carbocycles. The Balaban J connectivity index is 2.55. The third-order valence-electron chi connectivity index (χ3n) is 2.69. The van der Waals surface area contributed by atoms with E-state index in [9.17, 15) is 0 Å². The monoisotopic (exact) mass is 216 g/mol. The average Bonchev–Trinajstić information content (AvgIpc) is 2.64. The molecular formula is C13H16N2O. The first-order valence-corrected chi connectivity index (χ1v) is 5.35. The SMILES string of the molecule is Cc1cc(C)c(-c2cc(CN)no2)c(C)c1. The molecule has 0 aliphatic heterocycles. The number of aryl methyl sites for hydroxylation is 3. The summed E-state index contributed by atoms with van der Waals surface area (Å²) < 4.78 is 5.31. The van der Waals surface area contributed by atoms with Crippen LogP contribution in [0.3, 0.4) is 0 Å². The number of nitrogens with two attached hydrogens (primary N) is 1. The van der Waals surface area contributed by atoms with Crippen LogP contribution in [-0.4, -0.2) is 5.16 Å². The summed E-state index contributed by atoms with van der Waals surface area (Å²) in [5, 5.41) is 3.92. The van der Waals surface area contributed by atoms with Gasteiger partial charge in [-0.05, 0) is 31.9 Å². The largest absolute Gasteiger partial charge is 0.356 e. The van der Waals surface area contributed by atoms with Gasteiger partial charge in [-0.2, -0.15) is 0 Å². The van der Waals surface area contributed by atoms with E-state index >= 15 is 0 Å². The maximum atomic E-state index is 5.52. The minimum Gasteiger partial charge on any atom is -0.356 e. The van der Waals surface area contributed by atoms with Crippen molar-refractivity contribution in [3.05, 3.63) is 40.6 Å².